The Morgan fingerprint density at radius 2 is 1.65 bits per heavy atom. The quantitative estimate of drug-likeness (QED) is 0.419. The Morgan fingerprint density at radius 1 is 1.17 bits per heavy atom. The summed E-state index contributed by atoms with van der Waals surface area (Å²) in [5, 5.41) is 16.5. The highest BCUT2D eigenvalue weighted by Gasteiger charge is 2.04. The third-order valence-corrected chi connectivity index (χ3v) is 1.38. The summed E-state index contributed by atoms with van der Waals surface area (Å²) in [4.78, 5) is 30.7. The van der Waals surface area contributed by atoms with Gasteiger partial charge in [0.25, 0.3) is 0 Å². The van der Waals surface area contributed by atoms with E-state index in [4.69, 9.17) is 33.4 Å². The number of aliphatic hydroxyl groups excluding tert-OH is 1. The van der Waals surface area contributed by atoms with Gasteiger partial charge in [-0.25, -0.2) is 14.4 Å². The Kier molecular flexibility index (Phi) is 20.2. The van der Waals surface area contributed by atoms with Crippen molar-refractivity contribution >= 4 is 41.1 Å². The summed E-state index contributed by atoms with van der Waals surface area (Å²) in [6.07, 6.45) is 2.92. The van der Waals surface area contributed by atoms with E-state index in [2.05, 4.69) is 29.2 Å². The molecular formula is C14H18Cl2O7. The molecule has 0 saturated carbocycles. The van der Waals surface area contributed by atoms with Crippen molar-refractivity contribution in [2.24, 2.45) is 0 Å². The van der Waals surface area contributed by atoms with Crippen molar-refractivity contribution in [3.8, 4) is 0 Å². The van der Waals surface area contributed by atoms with Crippen LogP contribution in [0.4, 0.5) is 0 Å². The molecular weight excluding hydrogens is 351 g/mol. The van der Waals surface area contributed by atoms with Gasteiger partial charge in [-0.2, -0.15) is 0 Å². The van der Waals surface area contributed by atoms with Crippen LogP contribution in [0.3, 0.4) is 0 Å². The maximum absolute atomic E-state index is 10.8. The monoisotopic (exact) mass is 368 g/mol. The van der Waals surface area contributed by atoms with E-state index < -0.39 is 17.9 Å². The van der Waals surface area contributed by atoms with Crippen LogP contribution in [0.5, 0.6) is 0 Å². The SMILES string of the molecule is C=C(C=CC(=O)O)C(=O)OCCO.C=C(Cl)Cl.C=CC(=O)OC. The van der Waals surface area contributed by atoms with E-state index in [0.717, 1.165) is 18.2 Å². The van der Waals surface area contributed by atoms with Gasteiger partial charge >= 0.3 is 17.9 Å². The molecule has 130 valence electrons. The van der Waals surface area contributed by atoms with E-state index in [-0.39, 0.29) is 23.3 Å². The van der Waals surface area contributed by atoms with Crippen LogP contribution in [-0.4, -0.2) is 48.4 Å². The molecule has 7 nitrogen and oxygen atoms in total. The zero-order valence-electron chi connectivity index (χ0n) is 12.5. The van der Waals surface area contributed by atoms with Crippen molar-refractivity contribution in [1.29, 1.82) is 0 Å². The van der Waals surface area contributed by atoms with Crippen LogP contribution in [0, 0.1) is 0 Å². The molecule has 0 bridgehead atoms. The number of carbonyl (C=O) groups is 3. The van der Waals surface area contributed by atoms with E-state index in [0.29, 0.717) is 0 Å². The standard InChI is InChI=1S/C8H10O5.C4H6O2.C2H2Cl2/c1-6(2-3-7(10)11)8(12)13-5-4-9;1-3-4(5)6-2;1-2(3)4/h2-3,9H,1,4-5H2,(H,10,11);3H,1H2,2H3;1H2. The summed E-state index contributed by atoms with van der Waals surface area (Å²) in [7, 11) is 1.31. The molecule has 9 heteroatoms. The topological polar surface area (TPSA) is 110 Å². The van der Waals surface area contributed by atoms with Crippen LogP contribution >= 0.6 is 23.2 Å². The lowest BCUT2D eigenvalue weighted by molar-refractivity contribution is -0.139. The Bertz CT molecular complexity index is 452. The van der Waals surface area contributed by atoms with Gasteiger partial charge in [0.05, 0.1) is 23.8 Å². The maximum atomic E-state index is 10.8. The smallest absolute Gasteiger partial charge is 0.337 e. The minimum absolute atomic E-state index is 0.0733. The summed E-state index contributed by atoms with van der Waals surface area (Å²) >= 11 is 9.69. The third kappa shape index (κ3) is 28.7. The molecule has 0 aliphatic rings. The molecule has 0 radical (unpaired) electrons. The minimum Gasteiger partial charge on any atom is -0.478 e. The highest BCUT2D eigenvalue weighted by molar-refractivity contribution is 6.55. The van der Waals surface area contributed by atoms with E-state index in [1.54, 1.807) is 0 Å². The molecule has 0 aliphatic heterocycles. The molecule has 0 rings (SSSR count). The molecule has 0 aromatic carbocycles. The van der Waals surface area contributed by atoms with E-state index in [9.17, 15) is 14.4 Å². The van der Waals surface area contributed by atoms with Gasteiger partial charge in [-0.05, 0) is 6.08 Å². The van der Waals surface area contributed by atoms with Gasteiger partial charge in [-0.15, -0.1) is 0 Å². The molecule has 0 aromatic heterocycles. The molecule has 0 unspecified atom stereocenters. The van der Waals surface area contributed by atoms with Crippen LogP contribution in [-0.2, 0) is 23.9 Å². The number of aliphatic carboxylic acids is 1. The zero-order chi connectivity index (χ0) is 18.8. The van der Waals surface area contributed by atoms with Gasteiger partial charge in [0.1, 0.15) is 6.61 Å². The fourth-order valence-corrected chi connectivity index (χ4v) is 0.554. The van der Waals surface area contributed by atoms with Crippen LogP contribution in [0.2, 0.25) is 0 Å². The van der Waals surface area contributed by atoms with Crippen molar-refractivity contribution in [2.75, 3.05) is 20.3 Å². The largest absolute Gasteiger partial charge is 0.478 e. The summed E-state index contributed by atoms with van der Waals surface area (Å²) in [6, 6.07) is 0. The first-order chi connectivity index (χ1) is 10.6. The van der Waals surface area contributed by atoms with Gasteiger partial charge in [0.15, 0.2) is 0 Å². The molecule has 0 amide bonds. The second-order valence-electron chi connectivity index (χ2n) is 3.12. The Morgan fingerprint density at radius 3 is 1.91 bits per heavy atom. The summed E-state index contributed by atoms with van der Waals surface area (Å²) in [6.45, 7) is 9.11. The predicted molar refractivity (Wildman–Crippen MR) is 87.0 cm³/mol. The zero-order valence-corrected chi connectivity index (χ0v) is 14.0. The molecule has 0 aromatic rings. The average Bonchev–Trinajstić information content (AvgIpc) is 2.49. The third-order valence-electron chi connectivity index (χ3n) is 1.38. The number of aliphatic hydroxyl groups is 1. The number of methoxy groups -OCH3 is 1. The van der Waals surface area contributed by atoms with Crippen LogP contribution in [0.25, 0.3) is 0 Å². The number of carbonyl (C=O) groups excluding carboxylic acids is 2. The lowest BCUT2D eigenvalue weighted by atomic mass is 10.3. The lowest BCUT2D eigenvalue weighted by Crippen LogP contribution is -2.09. The molecule has 23 heavy (non-hydrogen) atoms. The summed E-state index contributed by atoms with van der Waals surface area (Å²) in [5.74, 6) is -2.31. The van der Waals surface area contributed by atoms with Gasteiger partial charge < -0.3 is 19.7 Å². The number of rotatable bonds is 6. The van der Waals surface area contributed by atoms with Gasteiger partial charge in [-0.1, -0.05) is 42.9 Å². The number of carboxylic acids is 1. The first kappa shape index (κ1) is 25.8. The maximum Gasteiger partial charge on any atom is 0.337 e. The molecule has 0 saturated heterocycles. The molecule has 0 aliphatic carbocycles. The Hall–Kier alpha value is -2.09. The minimum atomic E-state index is -1.17. The van der Waals surface area contributed by atoms with Crippen molar-refractivity contribution in [3.05, 3.63) is 48.0 Å². The number of hydrogen-bond acceptors (Lipinski definition) is 6. The number of carboxylic acid groups (broad SMARTS) is 1. The normalized spacial score (nSPS) is 8.52. The second-order valence-corrected chi connectivity index (χ2v) is 4.23. The fraction of sp³-hybridized carbons (Fsp3) is 0.214. The number of halogens is 2. The van der Waals surface area contributed by atoms with E-state index >= 15 is 0 Å². The summed E-state index contributed by atoms with van der Waals surface area (Å²) in [5.41, 5.74) is -0.0733. The highest BCUT2D eigenvalue weighted by Crippen LogP contribution is 1.98. The Labute approximate surface area is 144 Å². The van der Waals surface area contributed by atoms with Crippen LogP contribution in [0.15, 0.2) is 48.0 Å². The molecule has 2 N–H and O–H groups in total. The highest BCUT2D eigenvalue weighted by atomic mass is 35.5. The fourth-order valence-electron chi connectivity index (χ4n) is 0.554. The lowest BCUT2D eigenvalue weighted by Gasteiger charge is -2.00. The predicted octanol–water partition coefficient (Wildman–Crippen LogP) is 2.00. The number of ether oxygens (including phenoxy) is 2. The summed E-state index contributed by atoms with van der Waals surface area (Å²) < 4.78 is 8.71. The molecule has 0 atom stereocenters. The van der Waals surface area contributed by atoms with Gasteiger partial charge in [0.2, 0.25) is 0 Å². The first-order valence-electron chi connectivity index (χ1n) is 5.70. The van der Waals surface area contributed by atoms with Gasteiger partial charge in [-0.3, -0.25) is 0 Å². The molecule has 0 spiro atoms. The van der Waals surface area contributed by atoms with Crippen molar-refractivity contribution < 1.29 is 34.1 Å². The van der Waals surface area contributed by atoms with Crippen LogP contribution < -0.4 is 0 Å². The van der Waals surface area contributed by atoms with Crippen molar-refractivity contribution in [1.82, 2.24) is 0 Å². The number of esters is 2. The average molecular weight is 369 g/mol. The Balaban J connectivity index is -0.000000330. The second kappa shape index (κ2) is 18.0. The van der Waals surface area contributed by atoms with Crippen molar-refractivity contribution in [2.45, 2.75) is 0 Å². The van der Waals surface area contributed by atoms with E-state index in [1.807, 2.05) is 0 Å². The van der Waals surface area contributed by atoms with E-state index in [1.165, 1.54) is 7.11 Å². The van der Waals surface area contributed by atoms with Gasteiger partial charge in [0, 0.05) is 12.2 Å². The number of hydrogen-bond donors (Lipinski definition) is 2. The molecule has 0 heterocycles. The van der Waals surface area contributed by atoms with Crippen molar-refractivity contribution in [3.63, 3.8) is 0 Å². The first-order valence-corrected chi connectivity index (χ1v) is 6.46. The molecule has 0 fully saturated rings. The van der Waals surface area contributed by atoms with Crippen LogP contribution in [0.1, 0.15) is 0 Å².